The summed E-state index contributed by atoms with van der Waals surface area (Å²) in [4.78, 5) is 26.2. The van der Waals surface area contributed by atoms with E-state index in [1.165, 1.54) is 0 Å². The van der Waals surface area contributed by atoms with Crippen molar-refractivity contribution < 1.29 is 9.59 Å². The van der Waals surface area contributed by atoms with Crippen LogP contribution in [-0.4, -0.2) is 24.4 Å². The smallest absolute Gasteiger partial charge is 0.259 e. The van der Waals surface area contributed by atoms with Gasteiger partial charge in [0.05, 0.1) is 5.69 Å². The van der Waals surface area contributed by atoms with Gasteiger partial charge in [0.1, 0.15) is 6.54 Å². The highest BCUT2D eigenvalue weighted by Gasteiger charge is 2.30. The van der Waals surface area contributed by atoms with Crippen LogP contribution in [0.5, 0.6) is 0 Å². The van der Waals surface area contributed by atoms with Crippen molar-refractivity contribution in [3.8, 4) is 0 Å². The van der Waals surface area contributed by atoms with Gasteiger partial charge in [-0.05, 0) is 30.9 Å². The summed E-state index contributed by atoms with van der Waals surface area (Å²) in [7, 11) is 0. The maximum absolute atomic E-state index is 12.5. The second-order valence-corrected chi connectivity index (χ2v) is 5.45. The molecule has 1 aliphatic heterocycles. The van der Waals surface area contributed by atoms with Gasteiger partial charge in [-0.3, -0.25) is 14.5 Å². The van der Waals surface area contributed by atoms with Gasteiger partial charge in [-0.25, -0.2) is 0 Å². The fourth-order valence-corrected chi connectivity index (χ4v) is 2.70. The van der Waals surface area contributed by atoms with Crippen molar-refractivity contribution in [3.05, 3.63) is 42.0 Å². The van der Waals surface area contributed by atoms with Crippen molar-refractivity contribution in [2.75, 3.05) is 11.4 Å². The van der Waals surface area contributed by atoms with Crippen LogP contribution in [0.15, 0.2) is 36.4 Å². The molecule has 2 aromatic carbocycles. The van der Waals surface area contributed by atoms with Crippen molar-refractivity contribution in [3.63, 3.8) is 0 Å². The standard InChI is InChI=1S/C17H18N2O2/c1-3-11(2)18-15(20)10-19-14-9-5-7-12-6-4-8-13(16(12)14)17(19)21/h4-9,11H,3,10H2,1-2H3,(H,18,20)/t11-/m0/s1. The van der Waals surface area contributed by atoms with E-state index < -0.39 is 0 Å². The molecule has 0 aromatic heterocycles. The predicted octanol–water partition coefficient (Wildman–Crippen LogP) is 2.71. The SMILES string of the molecule is CC[C@H](C)NC(=O)CN1C(=O)c2cccc3cccc1c23. The van der Waals surface area contributed by atoms with Gasteiger partial charge in [-0.2, -0.15) is 0 Å². The third-order valence-electron chi connectivity index (χ3n) is 3.97. The molecule has 0 radical (unpaired) electrons. The lowest BCUT2D eigenvalue weighted by Crippen LogP contribution is -2.42. The summed E-state index contributed by atoms with van der Waals surface area (Å²) < 4.78 is 0. The van der Waals surface area contributed by atoms with Crippen LogP contribution >= 0.6 is 0 Å². The van der Waals surface area contributed by atoms with Gasteiger partial charge in [0, 0.05) is 17.0 Å². The predicted molar refractivity (Wildman–Crippen MR) is 83.5 cm³/mol. The minimum absolute atomic E-state index is 0.0664. The average Bonchev–Trinajstić information content (AvgIpc) is 2.75. The van der Waals surface area contributed by atoms with Crippen LogP contribution in [0.25, 0.3) is 10.8 Å². The summed E-state index contributed by atoms with van der Waals surface area (Å²) >= 11 is 0. The molecule has 0 bridgehead atoms. The van der Waals surface area contributed by atoms with E-state index in [0.29, 0.717) is 5.56 Å². The minimum atomic E-state index is -0.123. The van der Waals surface area contributed by atoms with Crippen molar-refractivity contribution in [2.24, 2.45) is 0 Å². The molecule has 2 aromatic rings. The third kappa shape index (κ3) is 2.27. The number of carbonyl (C=O) groups is 2. The van der Waals surface area contributed by atoms with Crippen LogP contribution in [0.2, 0.25) is 0 Å². The van der Waals surface area contributed by atoms with Gasteiger partial charge >= 0.3 is 0 Å². The topological polar surface area (TPSA) is 49.4 Å². The molecule has 0 fully saturated rings. The van der Waals surface area contributed by atoms with E-state index in [4.69, 9.17) is 0 Å². The van der Waals surface area contributed by atoms with Crippen molar-refractivity contribution >= 4 is 28.3 Å². The highest BCUT2D eigenvalue weighted by Crippen LogP contribution is 2.36. The van der Waals surface area contributed by atoms with E-state index in [2.05, 4.69) is 5.32 Å². The summed E-state index contributed by atoms with van der Waals surface area (Å²) in [6.45, 7) is 4.04. The molecule has 0 spiro atoms. The van der Waals surface area contributed by atoms with Crippen LogP contribution in [-0.2, 0) is 4.79 Å². The molecule has 0 aliphatic carbocycles. The molecule has 0 saturated heterocycles. The van der Waals surface area contributed by atoms with E-state index in [0.717, 1.165) is 22.9 Å². The Hall–Kier alpha value is -2.36. The summed E-state index contributed by atoms with van der Waals surface area (Å²) in [5, 5.41) is 4.88. The van der Waals surface area contributed by atoms with Crippen molar-refractivity contribution in [1.29, 1.82) is 0 Å². The van der Waals surface area contributed by atoms with Crippen LogP contribution in [0.1, 0.15) is 30.6 Å². The van der Waals surface area contributed by atoms with Crippen LogP contribution in [0, 0.1) is 0 Å². The van der Waals surface area contributed by atoms with Gasteiger partial charge in [0.15, 0.2) is 0 Å². The number of anilines is 1. The molecule has 108 valence electrons. The van der Waals surface area contributed by atoms with E-state index in [1.54, 1.807) is 4.90 Å². The molecule has 2 amide bonds. The Morgan fingerprint density at radius 3 is 2.67 bits per heavy atom. The quantitative estimate of drug-likeness (QED) is 0.937. The van der Waals surface area contributed by atoms with Gasteiger partial charge < -0.3 is 5.32 Å². The lowest BCUT2D eigenvalue weighted by Gasteiger charge is -2.19. The maximum atomic E-state index is 12.5. The summed E-state index contributed by atoms with van der Waals surface area (Å²) in [5.41, 5.74) is 1.51. The number of benzene rings is 2. The highest BCUT2D eigenvalue weighted by atomic mass is 16.2. The largest absolute Gasteiger partial charge is 0.352 e. The van der Waals surface area contributed by atoms with Crippen molar-refractivity contribution in [2.45, 2.75) is 26.3 Å². The van der Waals surface area contributed by atoms with Gasteiger partial charge in [0.25, 0.3) is 5.91 Å². The molecule has 1 N–H and O–H groups in total. The Bertz CT molecular complexity index is 719. The van der Waals surface area contributed by atoms with Gasteiger partial charge in [-0.15, -0.1) is 0 Å². The molecule has 1 aliphatic rings. The number of carbonyl (C=O) groups excluding carboxylic acids is 2. The molecule has 21 heavy (non-hydrogen) atoms. The first-order valence-corrected chi connectivity index (χ1v) is 7.24. The first-order chi connectivity index (χ1) is 10.1. The second kappa shape index (κ2) is 5.20. The first kappa shape index (κ1) is 13.6. The molecule has 0 unspecified atom stereocenters. The zero-order valence-electron chi connectivity index (χ0n) is 12.2. The number of hydrogen-bond donors (Lipinski definition) is 1. The third-order valence-corrected chi connectivity index (χ3v) is 3.97. The van der Waals surface area contributed by atoms with E-state index in [-0.39, 0.29) is 24.4 Å². The molecular weight excluding hydrogens is 264 g/mol. The lowest BCUT2D eigenvalue weighted by atomic mass is 10.1. The summed E-state index contributed by atoms with van der Waals surface area (Å²) in [5.74, 6) is -0.219. The number of rotatable bonds is 4. The molecule has 1 heterocycles. The summed E-state index contributed by atoms with van der Waals surface area (Å²) in [6.07, 6.45) is 0.871. The average molecular weight is 282 g/mol. The number of nitrogens with one attached hydrogen (secondary N) is 1. The Kier molecular flexibility index (Phi) is 3.37. The molecule has 4 nitrogen and oxygen atoms in total. The zero-order valence-corrected chi connectivity index (χ0v) is 12.2. The molecule has 4 heteroatoms. The first-order valence-electron chi connectivity index (χ1n) is 7.24. The van der Waals surface area contributed by atoms with Gasteiger partial charge in [0.2, 0.25) is 5.91 Å². The number of nitrogens with zero attached hydrogens (tertiary/aromatic N) is 1. The number of hydrogen-bond acceptors (Lipinski definition) is 2. The Balaban J connectivity index is 1.91. The summed E-state index contributed by atoms with van der Waals surface area (Å²) in [6, 6.07) is 11.6. The van der Waals surface area contributed by atoms with Crippen LogP contribution in [0.3, 0.4) is 0 Å². The number of amides is 2. The monoisotopic (exact) mass is 282 g/mol. The van der Waals surface area contributed by atoms with E-state index in [9.17, 15) is 9.59 Å². The van der Waals surface area contributed by atoms with Gasteiger partial charge in [-0.1, -0.05) is 31.2 Å². The van der Waals surface area contributed by atoms with E-state index in [1.807, 2.05) is 50.2 Å². The second-order valence-electron chi connectivity index (χ2n) is 5.45. The normalized spacial score (nSPS) is 14.6. The molecule has 1 atom stereocenters. The fourth-order valence-electron chi connectivity index (χ4n) is 2.70. The van der Waals surface area contributed by atoms with Crippen LogP contribution < -0.4 is 10.2 Å². The van der Waals surface area contributed by atoms with E-state index >= 15 is 0 Å². The maximum Gasteiger partial charge on any atom is 0.259 e. The van der Waals surface area contributed by atoms with Crippen LogP contribution in [0.4, 0.5) is 5.69 Å². The highest BCUT2D eigenvalue weighted by molar-refractivity contribution is 6.26. The molecule has 0 saturated carbocycles. The lowest BCUT2D eigenvalue weighted by molar-refractivity contribution is -0.120. The fraction of sp³-hybridized carbons (Fsp3) is 0.294. The molecule has 3 rings (SSSR count). The van der Waals surface area contributed by atoms with Crippen molar-refractivity contribution in [1.82, 2.24) is 5.32 Å². The zero-order chi connectivity index (χ0) is 15.0. The minimum Gasteiger partial charge on any atom is -0.352 e. The Morgan fingerprint density at radius 1 is 1.24 bits per heavy atom. The Labute approximate surface area is 123 Å². The Morgan fingerprint density at radius 2 is 1.95 bits per heavy atom. The molecular formula is C17H18N2O2.